The molecule has 0 saturated carbocycles. The van der Waals surface area contributed by atoms with Crippen molar-refractivity contribution in [3.05, 3.63) is 35.9 Å². The summed E-state index contributed by atoms with van der Waals surface area (Å²) < 4.78 is 44.1. The number of alkyl halides is 3. The summed E-state index contributed by atoms with van der Waals surface area (Å²) in [5, 5.41) is 8.97. The van der Waals surface area contributed by atoms with E-state index < -0.39 is 43.2 Å². The van der Waals surface area contributed by atoms with Crippen LogP contribution in [0.15, 0.2) is 30.3 Å². The smallest absolute Gasteiger partial charge is 0.410 e. The van der Waals surface area contributed by atoms with Crippen LogP contribution in [0.4, 0.5) is 18.0 Å². The van der Waals surface area contributed by atoms with E-state index in [0.29, 0.717) is 10.5 Å². The Morgan fingerprint density at radius 3 is 2.43 bits per heavy atom. The predicted octanol–water partition coefficient (Wildman–Crippen LogP) is 3.05. The van der Waals surface area contributed by atoms with Crippen LogP contribution in [0.3, 0.4) is 0 Å². The van der Waals surface area contributed by atoms with E-state index in [4.69, 9.17) is 9.84 Å². The lowest BCUT2D eigenvalue weighted by Crippen LogP contribution is -2.54. The number of ether oxygens (including phenoxy) is 1. The van der Waals surface area contributed by atoms with Gasteiger partial charge < -0.3 is 9.84 Å². The number of piperidine rings is 1. The molecule has 1 heterocycles. The normalized spacial score (nSPS) is 21.8. The van der Waals surface area contributed by atoms with Gasteiger partial charge in [-0.3, -0.25) is 9.69 Å². The SMILES string of the molecule is O=C(O)[C@@H]1CC[C@H](C(F)(F)F)N(C(=O)OCc2ccccc2)C1. The molecule has 1 amide bonds. The number of hydrogen-bond donors (Lipinski definition) is 1. The summed E-state index contributed by atoms with van der Waals surface area (Å²) in [4.78, 5) is 23.5. The maximum Gasteiger partial charge on any atom is 0.410 e. The van der Waals surface area contributed by atoms with Gasteiger partial charge in [-0.2, -0.15) is 13.2 Å². The lowest BCUT2D eigenvalue weighted by atomic mass is 9.93. The largest absolute Gasteiger partial charge is 0.481 e. The summed E-state index contributed by atoms with van der Waals surface area (Å²) in [7, 11) is 0. The van der Waals surface area contributed by atoms with E-state index >= 15 is 0 Å². The molecule has 1 aliphatic rings. The van der Waals surface area contributed by atoms with Crippen LogP contribution in [0.25, 0.3) is 0 Å². The van der Waals surface area contributed by atoms with Crippen LogP contribution in [-0.2, 0) is 16.1 Å². The number of aliphatic carboxylic acids is 1. The fourth-order valence-electron chi connectivity index (χ4n) is 2.52. The Bertz CT molecular complexity index is 562. The van der Waals surface area contributed by atoms with Gasteiger partial charge in [-0.1, -0.05) is 30.3 Å². The van der Waals surface area contributed by atoms with Crippen LogP contribution in [0, 0.1) is 5.92 Å². The molecule has 0 unspecified atom stereocenters. The molecule has 23 heavy (non-hydrogen) atoms. The highest BCUT2D eigenvalue weighted by atomic mass is 19.4. The number of carbonyl (C=O) groups is 2. The molecule has 2 atom stereocenters. The lowest BCUT2D eigenvalue weighted by molar-refractivity contribution is -0.191. The van der Waals surface area contributed by atoms with Gasteiger partial charge in [-0.15, -0.1) is 0 Å². The minimum atomic E-state index is -4.62. The Hall–Kier alpha value is -2.25. The molecule has 1 aliphatic heterocycles. The zero-order chi connectivity index (χ0) is 17.0. The van der Waals surface area contributed by atoms with Crippen LogP contribution in [0.1, 0.15) is 18.4 Å². The third-order valence-corrected chi connectivity index (χ3v) is 3.75. The molecular formula is C15H16F3NO4. The second-order valence-electron chi connectivity index (χ2n) is 5.36. The van der Waals surface area contributed by atoms with Crippen LogP contribution >= 0.6 is 0 Å². The molecule has 0 bridgehead atoms. The molecule has 5 nitrogen and oxygen atoms in total. The number of carboxylic acid groups (broad SMARTS) is 1. The van der Waals surface area contributed by atoms with E-state index in [1.54, 1.807) is 30.3 Å². The maximum absolute atomic E-state index is 13.0. The van der Waals surface area contributed by atoms with E-state index in [1.807, 2.05) is 0 Å². The van der Waals surface area contributed by atoms with Crippen molar-refractivity contribution in [1.29, 1.82) is 0 Å². The van der Waals surface area contributed by atoms with Crippen molar-refractivity contribution in [1.82, 2.24) is 4.90 Å². The van der Waals surface area contributed by atoms with Crippen LogP contribution < -0.4 is 0 Å². The van der Waals surface area contributed by atoms with Gasteiger partial charge in [0.05, 0.1) is 5.92 Å². The molecule has 1 aromatic carbocycles. The van der Waals surface area contributed by atoms with Gasteiger partial charge in [0.15, 0.2) is 0 Å². The van der Waals surface area contributed by atoms with Crippen molar-refractivity contribution < 1.29 is 32.6 Å². The number of hydrogen-bond acceptors (Lipinski definition) is 3. The number of benzene rings is 1. The summed E-state index contributed by atoms with van der Waals surface area (Å²) in [5.74, 6) is -2.23. The number of nitrogens with zero attached hydrogens (tertiary/aromatic N) is 1. The van der Waals surface area contributed by atoms with Crippen molar-refractivity contribution in [2.45, 2.75) is 31.7 Å². The highest BCUT2D eigenvalue weighted by molar-refractivity contribution is 5.73. The van der Waals surface area contributed by atoms with Gasteiger partial charge in [0.25, 0.3) is 0 Å². The maximum atomic E-state index is 13.0. The van der Waals surface area contributed by atoms with Gasteiger partial charge in [0, 0.05) is 6.54 Å². The Morgan fingerprint density at radius 1 is 1.22 bits per heavy atom. The standard InChI is InChI=1S/C15H16F3NO4/c16-15(17,18)12-7-6-11(13(20)21)8-19(12)14(22)23-9-10-4-2-1-3-5-10/h1-5,11-12H,6-9H2,(H,20,21)/t11-,12-/m1/s1. The Labute approximate surface area is 130 Å². The summed E-state index contributed by atoms with van der Waals surface area (Å²) in [5.41, 5.74) is 0.635. The molecule has 0 radical (unpaired) electrons. The van der Waals surface area contributed by atoms with Crippen molar-refractivity contribution in [2.24, 2.45) is 5.92 Å². The molecule has 126 valence electrons. The zero-order valence-corrected chi connectivity index (χ0v) is 12.1. The number of amides is 1. The van der Waals surface area contributed by atoms with Gasteiger partial charge in [-0.25, -0.2) is 4.79 Å². The van der Waals surface area contributed by atoms with E-state index in [2.05, 4.69) is 0 Å². The number of halogens is 3. The fourth-order valence-corrected chi connectivity index (χ4v) is 2.52. The van der Waals surface area contributed by atoms with Crippen molar-refractivity contribution in [3.63, 3.8) is 0 Å². The average molecular weight is 331 g/mol. The molecule has 1 aromatic rings. The molecule has 0 aromatic heterocycles. The first-order valence-corrected chi connectivity index (χ1v) is 7.06. The number of carboxylic acids is 1. The number of carbonyl (C=O) groups excluding carboxylic acids is 1. The Kier molecular flexibility index (Phi) is 5.12. The number of likely N-dealkylation sites (tertiary alicyclic amines) is 1. The van der Waals surface area contributed by atoms with Gasteiger partial charge in [0.2, 0.25) is 0 Å². The zero-order valence-electron chi connectivity index (χ0n) is 12.1. The van der Waals surface area contributed by atoms with E-state index in [9.17, 15) is 22.8 Å². The van der Waals surface area contributed by atoms with Crippen molar-refractivity contribution in [3.8, 4) is 0 Å². The molecule has 2 rings (SSSR count). The van der Waals surface area contributed by atoms with E-state index in [-0.39, 0.29) is 13.0 Å². The molecular weight excluding hydrogens is 315 g/mol. The van der Waals surface area contributed by atoms with Crippen LogP contribution in [0.2, 0.25) is 0 Å². The second kappa shape index (κ2) is 6.89. The highest BCUT2D eigenvalue weighted by Gasteiger charge is 2.49. The van der Waals surface area contributed by atoms with Crippen LogP contribution in [0.5, 0.6) is 0 Å². The van der Waals surface area contributed by atoms with Crippen LogP contribution in [-0.4, -0.2) is 40.8 Å². The summed E-state index contributed by atoms with van der Waals surface area (Å²) in [6.07, 6.45) is -6.33. The lowest BCUT2D eigenvalue weighted by Gasteiger charge is -2.38. The van der Waals surface area contributed by atoms with Gasteiger partial charge in [0.1, 0.15) is 12.6 Å². The van der Waals surface area contributed by atoms with Crippen molar-refractivity contribution in [2.75, 3.05) is 6.54 Å². The number of rotatable bonds is 3. The van der Waals surface area contributed by atoms with E-state index in [0.717, 1.165) is 0 Å². The first-order chi connectivity index (χ1) is 10.8. The highest BCUT2D eigenvalue weighted by Crippen LogP contribution is 2.34. The fraction of sp³-hybridized carbons (Fsp3) is 0.467. The minimum Gasteiger partial charge on any atom is -0.481 e. The van der Waals surface area contributed by atoms with Gasteiger partial charge in [-0.05, 0) is 18.4 Å². The molecule has 1 fully saturated rings. The minimum absolute atomic E-state index is 0.123. The second-order valence-corrected chi connectivity index (χ2v) is 5.36. The average Bonchev–Trinajstić information content (AvgIpc) is 2.52. The summed E-state index contributed by atoms with van der Waals surface area (Å²) in [6.45, 7) is -0.675. The topological polar surface area (TPSA) is 66.8 Å². The summed E-state index contributed by atoms with van der Waals surface area (Å²) in [6, 6.07) is 6.51. The Balaban J connectivity index is 2.07. The quantitative estimate of drug-likeness (QED) is 0.924. The van der Waals surface area contributed by atoms with Gasteiger partial charge >= 0.3 is 18.2 Å². The molecule has 0 aliphatic carbocycles. The van der Waals surface area contributed by atoms with E-state index in [1.165, 1.54) is 0 Å². The third kappa shape index (κ3) is 4.37. The predicted molar refractivity (Wildman–Crippen MR) is 73.5 cm³/mol. The summed E-state index contributed by atoms with van der Waals surface area (Å²) >= 11 is 0. The Morgan fingerprint density at radius 2 is 1.87 bits per heavy atom. The third-order valence-electron chi connectivity index (χ3n) is 3.75. The first-order valence-electron chi connectivity index (χ1n) is 7.06. The molecule has 0 spiro atoms. The molecule has 8 heteroatoms. The van der Waals surface area contributed by atoms with Crippen molar-refractivity contribution >= 4 is 12.1 Å². The first kappa shape index (κ1) is 17.1. The molecule has 1 N–H and O–H groups in total. The monoisotopic (exact) mass is 331 g/mol. The molecule has 1 saturated heterocycles.